The Morgan fingerprint density at radius 3 is 2.19 bits per heavy atom. The minimum atomic E-state index is -4.38. The highest BCUT2D eigenvalue weighted by Gasteiger charge is 2.30. The lowest BCUT2D eigenvalue weighted by Crippen LogP contribution is -3.15. The smallest absolute Gasteiger partial charge is 0.382 e. The van der Waals surface area contributed by atoms with Gasteiger partial charge in [-0.25, -0.2) is 4.39 Å². The van der Waals surface area contributed by atoms with Gasteiger partial charge in [0, 0.05) is 0 Å². The van der Waals surface area contributed by atoms with Gasteiger partial charge in [-0.3, -0.25) is 0 Å². The summed E-state index contributed by atoms with van der Waals surface area (Å²) in [5, 5.41) is 10.3. The van der Waals surface area contributed by atoms with Crippen LogP contribution in [0.3, 0.4) is 0 Å². The molecule has 0 amide bonds. The van der Waals surface area contributed by atoms with Crippen LogP contribution in [0.15, 0.2) is 48.5 Å². The molecule has 0 bridgehead atoms. The molecule has 2 aromatic rings. The van der Waals surface area contributed by atoms with Crippen molar-refractivity contribution in [2.45, 2.75) is 12.3 Å². The predicted molar refractivity (Wildman–Crippen MR) is 90.6 cm³/mol. The van der Waals surface area contributed by atoms with E-state index in [1.165, 1.54) is 18.2 Å². The van der Waals surface area contributed by atoms with Crippen LogP contribution in [0.25, 0.3) is 0 Å². The van der Waals surface area contributed by atoms with E-state index in [9.17, 15) is 22.7 Å². The van der Waals surface area contributed by atoms with Crippen molar-refractivity contribution in [3.05, 3.63) is 65.5 Å². The minimum Gasteiger partial charge on any atom is -0.382 e. The van der Waals surface area contributed by atoms with Gasteiger partial charge >= 0.3 is 6.18 Å². The van der Waals surface area contributed by atoms with Gasteiger partial charge in [-0.2, -0.15) is 13.2 Å². The van der Waals surface area contributed by atoms with Crippen molar-refractivity contribution in [3.8, 4) is 0 Å². The first-order valence-corrected chi connectivity index (χ1v) is 8.53. The number of nitrogens with zero attached hydrogens (tertiary/aromatic N) is 1. The van der Waals surface area contributed by atoms with Crippen molar-refractivity contribution in [2.24, 2.45) is 0 Å². The Hall–Kier alpha value is -2.12. The Morgan fingerprint density at radius 2 is 1.62 bits per heavy atom. The van der Waals surface area contributed by atoms with E-state index in [1.54, 1.807) is 18.2 Å². The number of halogens is 4. The van der Waals surface area contributed by atoms with Gasteiger partial charge in [0.05, 0.1) is 37.4 Å². The van der Waals surface area contributed by atoms with Crippen molar-refractivity contribution in [2.75, 3.05) is 37.6 Å². The van der Waals surface area contributed by atoms with Gasteiger partial charge in [0.15, 0.2) is 0 Å². The van der Waals surface area contributed by atoms with Crippen LogP contribution in [-0.4, -0.2) is 37.8 Å². The molecule has 0 unspecified atom stereocenters. The molecule has 0 radical (unpaired) electrons. The molecule has 1 heterocycles. The summed E-state index contributed by atoms with van der Waals surface area (Å²) in [6.07, 6.45) is -5.20. The molecule has 1 saturated heterocycles. The molecule has 26 heavy (non-hydrogen) atoms. The first kappa shape index (κ1) is 18.7. The van der Waals surface area contributed by atoms with E-state index < -0.39 is 17.8 Å². The average Bonchev–Trinajstić information content (AvgIpc) is 2.62. The molecule has 0 saturated carbocycles. The molecule has 7 heteroatoms. The van der Waals surface area contributed by atoms with E-state index in [2.05, 4.69) is 0 Å². The normalized spacial score (nSPS) is 17.3. The molecule has 1 aliphatic heterocycles. The van der Waals surface area contributed by atoms with Crippen LogP contribution in [0.2, 0.25) is 0 Å². The van der Waals surface area contributed by atoms with Crippen LogP contribution >= 0.6 is 0 Å². The molecule has 3 rings (SSSR count). The zero-order valence-corrected chi connectivity index (χ0v) is 14.1. The third kappa shape index (κ3) is 4.34. The monoisotopic (exact) mass is 369 g/mol. The summed E-state index contributed by atoms with van der Waals surface area (Å²) < 4.78 is 51.7. The largest absolute Gasteiger partial charge is 0.416 e. The summed E-state index contributed by atoms with van der Waals surface area (Å²) in [6.45, 7) is 3.19. The predicted octanol–water partition coefficient (Wildman–Crippen LogP) is 2.28. The molecule has 1 fully saturated rings. The molecule has 2 N–H and O–H groups in total. The SMILES string of the molecule is O[C@H](C[NH+]1CCN(c2ccccc2F)CC1)c1ccc(C(F)(F)F)cc1. The molecule has 0 aromatic heterocycles. The fraction of sp³-hybridized carbons (Fsp3) is 0.368. The molecule has 1 atom stereocenters. The topological polar surface area (TPSA) is 27.9 Å². The highest BCUT2D eigenvalue weighted by molar-refractivity contribution is 5.47. The number of nitrogens with one attached hydrogen (secondary N) is 1. The number of hydrogen-bond donors (Lipinski definition) is 2. The second-order valence-electron chi connectivity index (χ2n) is 6.53. The molecular formula is C19H21F4N2O+. The summed E-state index contributed by atoms with van der Waals surface area (Å²) in [4.78, 5) is 3.12. The molecule has 0 spiro atoms. The van der Waals surface area contributed by atoms with Crippen molar-refractivity contribution in [3.63, 3.8) is 0 Å². The summed E-state index contributed by atoms with van der Waals surface area (Å²) in [5.74, 6) is -0.249. The Labute approximate surface area is 149 Å². The summed E-state index contributed by atoms with van der Waals surface area (Å²) >= 11 is 0. The van der Waals surface area contributed by atoms with Gasteiger partial charge in [0.25, 0.3) is 0 Å². The van der Waals surface area contributed by atoms with Gasteiger partial charge in [-0.1, -0.05) is 24.3 Å². The number of aliphatic hydroxyl groups excluding tert-OH is 1. The van der Waals surface area contributed by atoms with E-state index in [0.717, 1.165) is 30.1 Å². The van der Waals surface area contributed by atoms with Gasteiger partial charge in [-0.15, -0.1) is 0 Å². The van der Waals surface area contributed by atoms with Crippen molar-refractivity contribution in [1.29, 1.82) is 0 Å². The highest BCUT2D eigenvalue weighted by atomic mass is 19.4. The molecular weight excluding hydrogens is 348 g/mol. The van der Waals surface area contributed by atoms with E-state index in [4.69, 9.17) is 0 Å². The number of para-hydroxylation sites is 1. The van der Waals surface area contributed by atoms with E-state index in [0.29, 0.717) is 30.9 Å². The summed E-state index contributed by atoms with van der Waals surface area (Å²) in [7, 11) is 0. The number of benzene rings is 2. The van der Waals surface area contributed by atoms with Crippen LogP contribution in [-0.2, 0) is 6.18 Å². The van der Waals surface area contributed by atoms with Crippen molar-refractivity contribution >= 4 is 5.69 Å². The number of alkyl halides is 3. The van der Waals surface area contributed by atoms with Crippen molar-refractivity contribution in [1.82, 2.24) is 0 Å². The number of rotatable bonds is 4. The molecule has 1 aliphatic rings. The Morgan fingerprint density at radius 1 is 1.00 bits per heavy atom. The first-order valence-electron chi connectivity index (χ1n) is 8.53. The van der Waals surface area contributed by atoms with Crippen LogP contribution in [0, 0.1) is 5.82 Å². The maximum absolute atomic E-state index is 13.9. The van der Waals surface area contributed by atoms with E-state index in [1.807, 2.05) is 4.90 Å². The molecule has 2 aromatic carbocycles. The second-order valence-corrected chi connectivity index (χ2v) is 6.53. The number of anilines is 1. The Kier molecular flexibility index (Phi) is 5.48. The number of aliphatic hydroxyl groups is 1. The summed E-state index contributed by atoms with van der Waals surface area (Å²) in [5.41, 5.74) is 0.330. The third-order valence-electron chi connectivity index (χ3n) is 4.77. The quantitative estimate of drug-likeness (QED) is 0.810. The maximum atomic E-state index is 13.9. The average molecular weight is 369 g/mol. The second kappa shape index (κ2) is 7.63. The lowest BCUT2D eigenvalue weighted by atomic mass is 10.1. The number of hydrogen-bond acceptors (Lipinski definition) is 2. The zero-order chi connectivity index (χ0) is 18.7. The minimum absolute atomic E-state index is 0.249. The third-order valence-corrected chi connectivity index (χ3v) is 4.77. The first-order chi connectivity index (χ1) is 12.3. The fourth-order valence-electron chi connectivity index (χ4n) is 3.26. The van der Waals surface area contributed by atoms with Crippen LogP contribution in [0.5, 0.6) is 0 Å². The number of piperazine rings is 1. The molecule has 140 valence electrons. The zero-order valence-electron chi connectivity index (χ0n) is 14.1. The molecule has 0 aliphatic carbocycles. The van der Waals surface area contributed by atoms with Gasteiger partial charge in [-0.05, 0) is 29.8 Å². The van der Waals surface area contributed by atoms with E-state index >= 15 is 0 Å². The van der Waals surface area contributed by atoms with Crippen LogP contribution in [0.1, 0.15) is 17.2 Å². The van der Waals surface area contributed by atoms with Gasteiger partial charge in [0.1, 0.15) is 18.5 Å². The number of quaternary nitrogens is 1. The Bertz CT molecular complexity index is 725. The maximum Gasteiger partial charge on any atom is 0.416 e. The highest BCUT2D eigenvalue weighted by Crippen LogP contribution is 2.29. The Balaban J connectivity index is 1.55. The lowest BCUT2D eigenvalue weighted by molar-refractivity contribution is -0.904. The standard InChI is InChI=1S/C19H20F4N2O/c20-16-3-1-2-4-17(16)25-11-9-24(10-12-25)13-18(26)14-5-7-15(8-6-14)19(21,22)23/h1-8,18,26H,9-13H2/p+1/t18-/m1/s1. The van der Waals surface area contributed by atoms with Crippen LogP contribution in [0.4, 0.5) is 23.2 Å². The van der Waals surface area contributed by atoms with Gasteiger partial charge in [0.2, 0.25) is 0 Å². The molecule has 3 nitrogen and oxygen atoms in total. The van der Waals surface area contributed by atoms with Gasteiger partial charge < -0.3 is 14.9 Å². The fourth-order valence-corrected chi connectivity index (χ4v) is 3.26. The lowest BCUT2D eigenvalue weighted by Gasteiger charge is -2.34. The summed E-state index contributed by atoms with van der Waals surface area (Å²) in [6, 6.07) is 11.3. The van der Waals surface area contributed by atoms with Crippen molar-refractivity contribution < 1.29 is 27.6 Å². The van der Waals surface area contributed by atoms with E-state index in [-0.39, 0.29) is 5.82 Å². The van der Waals surface area contributed by atoms with Crippen LogP contribution < -0.4 is 9.80 Å².